The summed E-state index contributed by atoms with van der Waals surface area (Å²) in [6, 6.07) is 14.0. The summed E-state index contributed by atoms with van der Waals surface area (Å²) >= 11 is 1.57. The van der Waals surface area contributed by atoms with Crippen LogP contribution in [0.2, 0.25) is 0 Å². The molecule has 0 radical (unpaired) electrons. The number of para-hydroxylation sites is 1. The average Bonchev–Trinajstić information content (AvgIpc) is 2.92. The zero-order chi connectivity index (χ0) is 14.8. The summed E-state index contributed by atoms with van der Waals surface area (Å²) in [5.74, 6) is 0.622. The van der Waals surface area contributed by atoms with Crippen molar-refractivity contribution < 1.29 is 4.79 Å². The van der Waals surface area contributed by atoms with Gasteiger partial charge in [0.05, 0.1) is 5.75 Å². The van der Waals surface area contributed by atoms with Gasteiger partial charge >= 0.3 is 0 Å². The molecule has 0 atom stereocenters. The van der Waals surface area contributed by atoms with Gasteiger partial charge in [-0.25, -0.2) is 0 Å². The summed E-state index contributed by atoms with van der Waals surface area (Å²) in [7, 11) is 0. The molecule has 2 aromatic carbocycles. The molecule has 0 saturated carbocycles. The Balaban J connectivity index is 1.66. The number of fused-ring (bicyclic) bond motifs is 1. The van der Waals surface area contributed by atoms with Crippen molar-refractivity contribution in [1.82, 2.24) is 0 Å². The topological polar surface area (TPSA) is 46.3 Å². The van der Waals surface area contributed by atoms with Gasteiger partial charge in [-0.2, -0.15) is 0 Å². The highest BCUT2D eigenvalue weighted by Gasteiger charge is 2.23. The van der Waals surface area contributed by atoms with Crippen LogP contribution in [0.5, 0.6) is 0 Å². The van der Waals surface area contributed by atoms with Gasteiger partial charge in [-0.1, -0.05) is 18.2 Å². The number of hydrogen-bond donors (Lipinski definition) is 1. The smallest absolute Gasteiger partial charge is 0.237 e. The van der Waals surface area contributed by atoms with E-state index in [0.717, 1.165) is 34.8 Å². The molecule has 21 heavy (non-hydrogen) atoms. The zero-order valence-electron chi connectivity index (χ0n) is 12.0. The van der Waals surface area contributed by atoms with E-state index >= 15 is 0 Å². The second-order valence-electron chi connectivity index (χ2n) is 5.23. The number of aryl methyl sites for hydroxylation is 1. The molecular formula is C17H18N2OS. The highest BCUT2D eigenvalue weighted by molar-refractivity contribution is 8.00. The Morgan fingerprint density at radius 3 is 2.90 bits per heavy atom. The molecule has 1 aliphatic rings. The van der Waals surface area contributed by atoms with Gasteiger partial charge in [0.15, 0.2) is 0 Å². The van der Waals surface area contributed by atoms with Gasteiger partial charge in [0, 0.05) is 22.8 Å². The third-order valence-electron chi connectivity index (χ3n) is 3.79. The van der Waals surface area contributed by atoms with Gasteiger partial charge in [-0.15, -0.1) is 11.8 Å². The number of nitrogens with zero attached hydrogens (tertiary/aromatic N) is 1. The van der Waals surface area contributed by atoms with E-state index in [1.807, 2.05) is 48.2 Å². The third kappa shape index (κ3) is 2.90. The summed E-state index contributed by atoms with van der Waals surface area (Å²) < 4.78 is 0. The monoisotopic (exact) mass is 298 g/mol. The van der Waals surface area contributed by atoms with Crippen LogP contribution in [0.25, 0.3) is 0 Å². The molecule has 2 aromatic rings. The molecule has 1 aliphatic heterocycles. The van der Waals surface area contributed by atoms with Crippen molar-refractivity contribution >= 4 is 29.0 Å². The maximum absolute atomic E-state index is 12.4. The SMILES string of the molecule is Cc1cc(SCC(=O)N2CCc3ccccc32)ccc1N. The van der Waals surface area contributed by atoms with Crippen LogP contribution in [-0.2, 0) is 11.2 Å². The summed E-state index contributed by atoms with van der Waals surface area (Å²) in [6.07, 6.45) is 0.952. The van der Waals surface area contributed by atoms with Crippen molar-refractivity contribution in [3.05, 3.63) is 53.6 Å². The molecule has 0 saturated heterocycles. The van der Waals surface area contributed by atoms with E-state index in [9.17, 15) is 4.79 Å². The van der Waals surface area contributed by atoms with Crippen molar-refractivity contribution in [1.29, 1.82) is 0 Å². The lowest BCUT2D eigenvalue weighted by atomic mass is 10.2. The molecule has 3 nitrogen and oxygen atoms in total. The predicted octanol–water partition coefficient (Wildman–Crippen LogP) is 3.26. The van der Waals surface area contributed by atoms with Gasteiger partial charge in [-0.05, 0) is 48.7 Å². The van der Waals surface area contributed by atoms with Crippen LogP contribution < -0.4 is 10.6 Å². The summed E-state index contributed by atoms with van der Waals surface area (Å²) in [5.41, 5.74) is 9.99. The Morgan fingerprint density at radius 1 is 1.29 bits per heavy atom. The molecule has 3 rings (SSSR count). The lowest BCUT2D eigenvalue weighted by Gasteiger charge is -2.17. The van der Waals surface area contributed by atoms with E-state index in [2.05, 4.69) is 6.07 Å². The molecule has 0 spiro atoms. The number of carbonyl (C=O) groups excluding carboxylic acids is 1. The van der Waals surface area contributed by atoms with Crippen LogP contribution in [0.3, 0.4) is 0 Å². The van der Waals surface area contributed by atoms with Crippen LogP contribution in [0, 0.1) is 6.92 Å². The molecule has 4 heteroatoms. The largest absolute Gasteiger partial charge is 0.399 e. The van der Waals surface area contributed by atoms with Crippen molar-refractivity contribution in [2.45, 2.75) is 18.2 Å². The quantitative estimate of drug-likeness (QED) is 0.699. The fraction of sp³-hybridized carbons (Fsp3) is 0.235. The van der Waals surface area contributed by atoms with E-state index in [1.54, 1.807) is 11.8 Å². The number of benzene rings is 2. The maximum atomic E-state index is 12.4. The van der Waals surface area contributed by atoms with Crippen LogP contribution in [0.15, 0.2) is 47.4 Å². The maximum Gasteiger partial charge on any atom is 0.237 e. The Kier molecular flexibility index (Phi) is 3.88. The highest BCUT2D eigenvalue weighted by Crippen LogP contribution is 2.29. The average molecular weight is 298 g/mol. The van der Waals surface area contributed by atoms with E-state index in [0.29, 0.717) is 5.75 Å². The van der Waals surface area contributed by atoms with Crippen molar-refractivity contribution in [2.24, 2.45) is 0 Å². The molecule has 0 unspecified atom stereocenters. The number of amides is 1. The number of nitrogen functional groups attached to an aromatic ring is 1. The minimum atomic E-state index is 0.166. The van der Waals surface area contributed by atoms with Gasteiger partial charge in [-0.3, -0.25) is 4.79 Å². The number of anilines is 2. The van der Waals surface area contributed by atoms with Gasteiger partial charge in [0.1, 0.15) is 0 Å². The standard InChI is InChI=1S/C17H18N2OS/c1-12-10-14(6-7-15(12)18)21-11-17(20)19-9-8-13-4-2-3-5-16(13)19/h2-7,10H,8-9,11,18H2,1H3. The summed E-state index contributed by atoms with van der Waals surface area (Å²) in [6.45, 7) is 2.78. The molecule has 0 bridgehead atoms. The number of carbonyl (C=O) groups is 1. The number of nitrogens with two attached hydrogens (primary N) is 1. The van der Waals surface area contributed by atoms with Crippen molar-refractivity contribution in [3.8, 4) is 0 Å². The molecule has 1 heterocycles. The lowest BCUT2D eigenvalue weighted by Crippen LogP contribution is -2.30. The van der Waals surface area contributed by atoms with Gasteiger partial charge < -0.3 is 10.6 Å². The van der Waals surface area contributed by atoms with E-state index < -0.39 is 0 Å². The Morgan fingerprint density at radius 2 is 2.10 bits per heavy atom. The first-order chi connectivity index (χ1) is 10.1. The minimum absolute atomic E-state index is 0.166. The molecule has 0 aromatic heterocycles. The highest BCUT2D eigenvalue weighted by atomic mass is 32.2. The van der Waals surface area contributed by atoms with Crippen LogP contribution in [0.1, 0.15) is 11.1 Å². The predicted molar refractivity (Wildman–Crippen MR) is 88.8 cm³/mol. The van der Waals surface area contributed by atoms with E-state index in [1.165, 1.54) is 5.56 Å². The normalized spacial score (nSPS) is 13.3. The Labute approximate surface area is 129 Å². The summed E-state index contributed by atoms with van der Waals surface area (Å²) in [5, 5.41) is 0. The van der Waals surface area contributed by atoms with Gasteiger partial charge in [0.25, 0.3) is 0 Å². The minimum Gasteiger partial charge on any atom is -0.399 e. The molecule has 2 N–H and O–H groups in total. The first-order valence-corrected chi connectivity index (χ1v) is 8.01. The molecule has 0 fully saturated rings. The van der Waals surface area contributed by atoms with Crippen molar-refractivity contribution in [2.75, 3.05) is 22.9 Å². The number of thioether (sulfide) groups is 1. The van der Waals surface area contributed by atoms with Crippen LogP contribution in [-0.4, -0.2) is 18.2 Å². The fourth-order valence-electron chi connectivity index (χ4n) is 2.56. The first kappa shape index (κ1) is 14.0. The van der Waals surface area contributed by atoms with Crippen molar-refractivity contribution in [3.63, 3.8) is 0 Å². The second-order valence-corrected chi connectivity index (χ2v) is 6.28. The van der Waals surface area contributed by atoms with Crippen LogP contribution in [0.4, 0.5) is 11.4 Å². The second kappa shape index (κ2) is 5.82. The Hall–Kier alpha value is -1.94. The molecule has 1 amide bonds. The molecule has 0 aliphatic carbocycles. The third-order valence-corrected chi connectivity index (χ3v) is 4.77. The first-order valence-electron chi connectivity index (χ1n) is 7.02. The number of rotatable bonds is 3. The van der Waals surface area contributed by atoms with Gasteiger partial charge in [0.2, 0.25) is 5.91 Å². The van der Waals surface area contributed by atoms with E-state index in [-0.39, 0.29) is 5.91 Å². The molecule has 108 valence electrons. The molecular weight excluding hydrogens is 280 g/mol. The lowest BCUT2D eigenvalue weighted by molar-refractivity contribution is -0.116. The zero-order valence-corrected chi connectivity index (χ0v) is 12.8. The summed E-state index contributed by atoms with van der Waals surface area (Å²) in [4.78, 5) is 15.4. The fourth-order valence-corrected chi connectivity index (χ4v) is 3.43. The van der Waals surface area contributed by atoms with Crippen LogP contribution >= 0.6 is 11.8 Å². The van der Waals surface area contributed by atoms with E-state index in [4.69, 9.17) is 5.73 Å². The Bertz CT molecular complexity index is 684. The number of hydrogen-bond acceptors (Lipinski definition) is 3.